The highest BCUT2D eigenvalue weighted by molar-refractivity contribution is 7.89. The van der Waals surface area contributed by atoms with Crippen LogP contribution in [0, 0.1) is 0 Å². The Morgan fingerprint density at radius 2 is 2.24 bits per heavy atom. The number of carbonyl (C=O) groups is 1. The van der Waals surface area contributed by atoms with Crippen molar-refractivity contribution in [3.05, 3.63) is 12.0 Å². The van der Waals surface area contributed by atoms with Gasteiger partial charge in [0.2, 0.25) is 5.91 Å². The second kappa shape index (κ2) is 6.12. The molecule has 1 aliphatic rings. The van der Waals surface area contributed by atoms with Crippen LogP contribution in [0.5, 0.6) is 0 Å². The maximum atomic E-state index is 12.7. The lowest BCUT2D eigenvalue weighted by molar-refractivity contribution is -0.133. The zero-order valence-electron chi connectivity index (χ0n) is 12.5. The molecule has 0 bridgehead atoms. The van der Waals surface area contributed by atoms with Crippen LogP contribution in [0.3, 0.4) is 0 Å². The fourth-order valence-corrected chi connectivity index (χ4v) is 3.78. The summed E-state index contributed by atoms with van der Waals surface area (Å²) in [6.45, 7) is 2.97. The molecule has 0 spiro atoms. The van der Waals surface area contributed by atoms with Gasteiger partial charge in [0.25, 0.3) is 10.0 Å². The number of amides is 1. The number of imidazole rings is 1. The SMILES string of the molecule is CCc1ncc(S(=O)(=O)N2CCNCC2C(=O)N(C)C)[nH]1. The van der Waals surface area contributed by atoms with Gasteiger partial charge < -0.3 is 15.2 Å². The van der Waals surface area contributed by atoms with E-state index in [1.807, 2.05) is 6.92 Å². The van der Waals surface area contributed by atoms with Crippen LogP contribution in [0.1, 0.15) is 12.7 Å². The molecule has 2 N–H and O–H groups in total. The number of nitrogens with zero attached hydrogens (tertiary/aromatic N) is 3. The van der Waals surface area contributed by atoms with Crippen LogP contribution in [0.2, 0.25) is 0 Å². The number of likely N-dealkylation sites (N-methyl/N-ethyl adjacent to an activating group) is 1. The predicted molar refractivity (Wildman–Crippen MR) is 77.2 cm³/mol. The van der Waals surface area contributed by atoms with Crippen molar-refractivity contribution in [2.75, 3.05) is 33.7 Å². The molecule has 8 nitrogen and oxygen atoms in total. The first-order chi connectivity index (χ1) is 9.87. The Morgan fingerprint density at radius 3 is 2.81 bits per heavy atom. The molecule has 0 aliphatic carbocycles. The van der Waals surface area contributed by atoms with E-state index in [1.165, 1.54) is 15.4 Å². The van der Waals surface area contributed by atoms with Crippen molar-refractivity contribution in [2.45, 2.75) is 24.4 Å². The van der Waals surface area contributed by atoms with Crippen molar-refractivity contribution >= 4 is 15.9 Å². The molecule has 1 amide bonds. The van der Waals surface area contributed by atoms with E-state index in [-0.39, 0.29) is 17.5 Å². The lowest BCUT2D eigenvalue weighted by Crippen LogP contribution is -2.59. The largest absolute Gasteiger partial charge is 0.347 e. The maximum Gasteiger partial charge on any atom is 0.260 e. The minimum absolute atomic E-state index is 0.0396. The van der Waals surface area contributed by atoms with Crippen molar-refractivity contribution in [1.29, 1.82) is 0 Å². The molecule has 21 heavy (non-hydrogen) atoms. The van der Waals surface area contributed by atoms with Crippen LogP contribution in [0.4, 0.5) is 0 Å². The summed E-state index contributed by atoms with van der Waals surface area (Å²) in [6.07, 6.45) is 1.94. The van der Waals surface area contributed by atoms with Gasteiger partial charge in [-0.05, 0) is 0 Å². The van der Waals surface area contributed by atoms with Gasteiger partial charge in [-0.2, -0.15) is 4.31 Å². The highest BCUT2D eigenvalue weighted by Crippen LogP contribution is 2.19. The molecule has 0 radical (unpaired) electrons. The summed E-state index contributed by atoms with van der Waals surface area (Å²) in [7, 11) is -0.515. The van der Waals surface area contributed by atoms with Crippen molar-refractivity contribution in [1.82, 2.24) is 24.5 Å². The van der Waals surface area contributed by atoms with Gasteiger partial charge in [-0.15, -0.1) is 0 Å². The summed E-state index contributed by atoms with van der Waals surface area (Å²) in [5, 5.41) is 3.10. The number of aryl methyl sites for hydroxylation is 1. The second-order valence-electron chi connectivity index (χ2n) is 5.12. The van der Waals surface area contributed by atoms with Crippen LogP contribution < -0.4 is 5.32 Å². The van der Waals surface area contributed by atoms with E-state index >= 15 is 0 Å². The molecule has 9 heteroatoms. The Labute approximate surface area is 124 Å². The molecular formula is C12H21N5O3S. The summed E-state index contributed by atoms with van der Waals surface area (Å²) >= 11 is 0. The Hall–Kier alpha value is -1.45. The third kappa shape index (κ3) is 3.09. The van der Waals surface area contributed by atoms with Crippen LogP contribution in [-0.4, -0.2) is 73.3 Å². The van der Waals surface area contributed by atoms with Gasteiger partial charge in [0.15, 0.2) is 5.03 Å². The van der Waals surface area contributed by atoms with Crippen LogP contribution in [-0.2, 0) is 21.2 Å². The summed E-state index contributed by atoms with van der Waals surface area (Å²) < 4.78 is 26.7. The number of piperazine rings is 1. The quantitative estimate of drug-likeness (QED) is 0.744. The van der Waals surface area contributed by atoms with E-state index in [0.717, 1.165) is 0 Å². The van der Waals surface area contributed by atoms with Crippen LogP contribution in [0.25, 0.3) is 0 Å². The van der Waals surface area contributed by atoms with Gasteiger partial charge in [0.1, 0.15) is 11.9 Å². The minimum Gasteiger partial charge on any atom is -0.347 e. The zero-order chi connectivity index (χ0) is 15.6. The van der Waals surface area contributed by atoms with Gasteiger partial charge in [-0.1, -0.05) is 6.92 Å². The number of rotatable bonds is 4. The van der Waals surface area contributed by atoms with E-state index in [4.69, 9.17) is 0 Å². The molecule has 1 aromatic rings. The standard InChI is InChI=1S/C12H21N5O3S/c1-4-10-14-8-11(15-10)21(19,20)17-6-5-13-7-9(17)12(18)16(2)3/h8-9,13H,4-7H2,1-3H3,(H,14,15). The molecule has 1 saturated heterocycles. The molecule has 118 valence electrons. The third-order valence-electron chi connectivity index (χ3n) is 3.45. The molecule has 1 aromatic heterocycles. The number of nitrogens with one attached hydrogen (secondary N) is 2. The number of hydrogen-bond donors (Lipinski definition) is 2. The molecular weight excluding hydrogens is 294 g/mol. The van der Waals surface area contributed by atoms with Gasteiger partial charge in [0.05, 0.1) is 6.20 Å². The van der Waals surface area contributed by atoms with Crippen molar-refractivity contribution in [3.8, 4) is 0 Å². The molecule has 0 aromatic carbocycles. The summed E-state index contributed by atoms with van der Waals surface area (Å²) in [5.41, 5.74) is 0. The van der Waals surface area contributed by atoms with E-state index in [0.29, 0.717) is 25.3 Å². The lowest BCUT2D eigenvalue weighted by Gasteiger charge is -2.34. The Kier molecular flexibility index (Phi) is 4.64. The zero-order valence-corrected chi connectivity index (χ0v) is 13.3. The number of carbonyl (C=O) groups excluding carboxylic acids is 1. The van der Waals surface area contributed by atoms with E-state index in [2.05, 4.69) is 15.3 Å². The van der Waals surface area contributed by atoms with Gasteiger partial charge >= 0.3 is 0 Å². The number of aromatic amines is 1. The monoisotopic (exact) mass is 315 g/mol. The molecule has 1 atom stereocenters. The van der Waals surface area contributed by atoms with E-state index in [1.54, 1.807) is 14.1 Å². The van der Waals surface area contributed by atoms with Gasteiger partial charge in [-0.25, -0.2) is 13.4 Å². The Bertz CT molecular complexity index is 610. The average molecular weight is 315 g/mol. The normalized spacial score (nSPS) is 20.4. The average Bonchev–Trinajstić information content (AvgIpc) is 2.96. The Morgan fingerprint density at radius 1 is 1.52 bits per heavy atom. The number of aromatic nitrogens is 2. The maximum absolute atomic E-state index is 12.7. The summed E-state index contributed by atoms with van der Waals surface area (Å²) in [6, 6.07) is -0.730. The first kappa shape index (κ1) is 15.9. The van der Waals surface area contributed by atoms with E-state index < -0.39 is 16.1 Å². The van der Waals surface area contributed by atoms with Crippen LogP contribution in [0.15, 0.2) is 11.2 Å². The smallest absolute Gasteiger partial charge is 0.260 e. The van der Waals surface area contributed by atoms with Gasteiger partial charge in [0, 0.05) is 40.2 Å². The lowest BCUT2D eigenvalue weighted by atomic mass is 10.2. The molecule has 1 unspecified atom stereocenters. The minimum atomic E-state index is -3.75. The molecule has 1 aliphatic heterocycles. The van der Waals surface area contributed by atoms with Gasteiger partial charge in [-0.3, -0.25) is 4.79 Å². The molecule has 2 heterocycles. The number of sulfonamides is 1. The van der Waals surface area contributed by atoms with Crippen molar-refractivity contribution in [2.24, 2.45) is 0 Å². The first-order valence-corrected chi connectivity index (χ1v) is 8.29. The Balaban J connectivity index is 2.33. The number of H-pyrrole nitrogens is 1. The van der Waals surface area contributed by atoms with Crippen molar-refractivity contribution < 1.29 is 13.2 Å². The first-order valence-electron chi connectivity index (χ1n) is 6.85. The fraction of sp³-hybridized carbons (Fsp3) is 0.667. The fourth-order valence-electron chi connectivity index (χ4n) is 2.26. The van der Waals surface area contributed by atoms with Crippen molar-refractivity contribution in [3.63, 3.8) is 0 Å². The highest BCUT2D eigenvalue weighted by atomic mass is 32.2. The summed E-state index contributed by atoms with van der Waals surface area (Å²) in [5.74, 6) is 0.375. The molecule has 1 fully saturated rings. The molecule has 0 saturated carbocycles. The highest BCUT2D eigenvalue weighted by Gasteiger charge is 2.39. The topological polar surface area (TPSA) is 98.4 Å². The van der Waals surface area contributed by atoms with E-state index in [9.17, 15) is 13.2 Å². The third-order valence-corrected chi connectivity index (χ3v) is 5.26. The van der Waals surface area contributed by atoms with Crippen LogP contribution >= 0.6 is 0 Å². The number of hydrogen-bond acceptors (Lipinski definition) is 5. The molecule has 2 rings (SSSR count). The summed E-state index contributed by atoms with van der Waals surface area (Å²) in [4.78, 5) is 20.4. The second-order valence-corrected chi connectivity index (χ2v) is 6.98. The predicted octanol–water partition coefficient (Wildman–Crippen LogP) is -0.977.